The molecular formula is C13H15Cl2N3. The Hall–Kier alpha value is -1.03. The van der Waals surface area contributed by atoms with Crippen molar-refractivity contribution < 1.29 is 0 Å². The van der Waals surface area contributed by atoms with Crippen LogP contribution in [0.2, 0.25) is 10.0 Å². The molecule has 5 heteroatoms. The van der Waals surface area contributed by atoms with Gasteiger partial charge in [-0.1, -0.05) is 29.3 Å². The van der Waals surface area contributed by atoms with E-state index in [4.69, 9.17) is 23.2 Å². The maximum Gasteiger partial charge on any atom is 0.0489 e. The Morgan fingerprint density at radius 3 is 2.89 bits per heavy atom. The monoisotopic (exact) mass is 283 g/mol. The number of halogens is 2. The normalized spacial score (nSPS) is 10.8. The molecule has 2 aromatic rings. The summed E-state index contributed by atoms with van der Waals surface area (Å²) in [4.78, 5) is 0. The molecule has 96 valence electrons. The topological polar surface area (TPSA) is 29.9 Å². The molecule has 0 aliphatic carbocycles. The van der Waals surface area contributed by atoms with Crippen molar-refractivity contribution in [3.05, 3.63) is 52.3 Å². The first kappa shape index (κ1) is 13.4. The molecule has 0 radical (unpaired) electrons. The molecule has 1 aromatic heterocycles. The van der Waals surface area contributed by atoms with E-state index in [-0.39, 0.29) is 0 Å². The smallest absolute Gasteiger partial charge is 0.0489 e. The standard InChI is InChI=1S/C13H15Cl2N3/c14-12-4-3-11(13(15)9-12)10-16-5-1-7-18-8-2-6-17-18/h2-4,6,8-9,16H,1,5,7,10H2. The number of nitrogens with zero attached hydrogens (tertiary/aromatic N) is 2. The first-order valence-electron chi connectivity index (χ1n) is 5.88. The van der Waals surface area contributed by atoms with Crippen molar-refractivity contribution in [3.63, 3.8) is 0 Å². The summed E-state index contributed by atoms with van der Waals surface area (Å²) >= 11 is 11.9. The largest absolute Gasteiger partial charge is 0.313 e. The minimum atomic E-state index is 0.669. The summed E-state index contributed by atoms with van der Waals surface area (Å²) in [7, 11) is 0. The lowest BCUT2D eigenvalue weighted by molar-refractivity contribution is 0.543. The van der Waals surface area contributed by atoms with Gasteiger partial charge >= 0.3 is 0 Å². The van der Waals surface area contributed by atoms with Crippen LogP contribution in [-0.4, -0.2) is 16.3 Å². The van der Waals surface area contributed by atoms with Gasteiger partial charge in [0.15, 0.2) is 0 Å². The molecule has 0 aliphatic rings. The predicted octanol–water partition coefficient (Wildman–Crippen LogP) is 3.37. The molecule has 0 atom stereocenters. The van der Waals surface area contributed by atoms with Gasteiger partial charge < -0.3 is 5.32 Å². The number of hydrogen-bond donors (Lipinski definition) is 1. The third-order valence-electron chi connectivity index (χ3n) is 2.63. The Morgan fingerprint density at radius 1 is 1.28 bits per heavy atom. The van der Waals surface area contributed by atoms with E-state index in [0.717, 1.165) is 31.6 Å². The highest BCUT2D eigenvalue weighted by molar-refractivity contribution is 6.35. The van der Waals surface area contributed by atoms with Crippen LogP contribution < -0.4 is 5.32 Å². The number of nitrogens with one attached hydrogen (secondary N) is 1. The average molecular weight is 284 g/mol. The lowest BCUT2D eigenvalue weighted by Crippen LogP contribution is -2.16. The van der Waals surface area contributed by atoms with Gasteiger partial charge in [-0.25, -0.2) is 0 Å². The number of aryl methyl sites for hydroxylation is 1. The third kappa shape index (κ3) is 4.02. The van der Waals surface area contributed by atoms with Crippen LogP contribution >= 0.6 is 23.2 Å². The van der Waals surface area contributed by atoms with E-state index in [1.54, 1.807) is 12.3 Å². The van der Waals surface area contributed by atoms with Gasteiger partial charge in [-0.05, 0) is 36.7 Å². The lowest BCUT2D eigenvalue weighted by Gasteiger charge is -2.07. The highest BCUT2D eigenvalue weighted by atomic mass is 35.5. The molecular weight excluding hydrogens is 269 g/mol. The van der Waals surface area contributed by atoms with Crippen molar-refractivity contribution in [1.82, 2.24) is 15.1 Å². The van der Waals surface area contributed by atoms with Crippen molar-refractivity contribution in [1.29, 1.82) is 0 Å². The number of hydrogen-bond acceptors (Lipinski definition) is 2. The Balaban J connectivity index is 1.69. The molecule has 3 nitrogen and oxygen atoms in total. The zero-order valence-corrected chi connectivity index (χ0v) is 11.5. The van der Waals surface area contributed by atoms with Gasteiger partial charge in [-0.2, -0.15) is 5.10 Å². The minimum absolute atomic E-state index is 0.669. The molecule has 18 heavy (non-hydrogen) atoms. The summed E-state index contributed by atoms with van der Waals surface area (Å²) in [6.07, 6.45) is 4.80. The molecule has 0 saturated heterocycles. The summed E-state index contributed by atoms with van der Waals surface area (Å²) in [5.74, 6) is 0. The molecule has 0 saturated carbocycles. The summed E-state index contributed by atoms with van der Waals surface area (Å²) in [5.41, 5.74) is 1.07. The number of benzene rings is 1. The number of aromatic nitrogens is 2. The van der Waals surface area contributed by atoms with Crippen molar-refractivity contribution in [2.45, 2.75) is 19.5 Å². The van der Waals surface area contributed by atoms with E-state index in [1.807, 2.05) is 29.1 Å². The van der Waals surface area contributed by atoms with Crippen LogP contribution in [0, 0.1) is 0 Å². The second-order valence-electron chi connectivity index (χ2n) is 4.04. The SMILES string of the molecule is Clc1ccc(CNCCCn2cccn2)c(Cl)c1. The van der Waals surface area contributed by atoms with Gasteiger partial charge in [0.2, 0.25) is 0 Å². The van der Waals surface area contributed by atoms with Gasteiger partial charge in [-0.15, -0.1) is 0 Å². The molecule has 0 fully saturated rings. The van der Waals surface area contributed by atoms with E-state index in [1.165, 1.54) is 0 Å². The molecule has 0 amide bonds. The molecule has 0 spiro atoms. The summed E-state index contributed by atoms with van der Waals surface area (Å²) in [5, 5.41) is 8.88. The molecule has 1 aromatic carbocycles. The Labute approximate surface area is 117 Å². The van der Waals surface area contributed by atoms with Crippen LogP contribution in [0.1, 0.15) is 12.0 Å². The molecule has 2 rings (SSSR count). The highest BCUT2D eigenvalue weighted by Crippen LogP contribution is 2.20. The van der Waals surface area contributed by atoms with Crippen LogP contribution in [0.25, 0.3) is 0 Å². The minimum Gasteiger partial charge on any atom is -0.313 e. The van der Waals surface area contributed by atoms with Crippen molar-refractivity contribution in [2.75, 3.05) is 6.54 Å². The van der Waals surface area contributed by atoms with E-state index < -0.39 is 0 Å². The maximum absolute atomic E-state index is 6.08. The third-order valence-corrected chi connectivity index (χ3v) is 3.22. The zero-order chi connectivity index (χ0) is 12.8. The fourth-order valence-electron chi connectivity index (χ4n) is 1.69. The van der Waals surface area contributed by atoms with Gasteiger partial charge in [0.1, 0.15) is 0 Å². The van der Waals surface area contributed by atoms with Crippen molar-refractivity contribution in [2.24, 2.45) is 0 Å². The van der Waals surface area contributed by atoms with Crippen LogP contribution in [0.4, 0.5) is 0 Å². The van der Waals surface area contributed by atoms with Crippen LogP contribution in [0.15, 0.2) is 36.7 Å². The lowest BCUT2D eigenvalue weighted by atomic mass is 10.2. The zero-order valence-electron chi connectivity index (χ0n) is 9.94. The van der Waals surface area contributed by atoms with Crippen LogP contribution in [-0.2, 0) is 13.1 Å². The molecule has 0 aliphatic heterocycles. The molecule has 0 bridgehead atoms. The van der Waals surface area contributed by atoms with E-state index in [2.05, 4.69) is 10.4 Å². The average Bonchev–Trinajstić information content (AvgIpc) is 2.84. The van der Waals surface area contributed by atoms with E-state index >= 15 is 0 Å². The van der Waals surface area contributed by atoms with E-state index in [9.17, 15) is 0 Å². The Morgan fingerprint density at radius 2 is 2.17 bits per heavy atom. The highest BCUT2D eigenvalue weighted by Gasteiger charge is 2.00. The van der Waals surface area contributed by atoms with Gasteiger partial charge in [0.25, 0.3) is 0 Å². The van der Waals surface area contributed by atoms with Gasteiger partial charge in [0.05, 0.1) is 0 Å². The van der Waals surface area contributed by atoms with Crippen molar-refractivity contribution >= 4 is 23.2 Å². The van der Waals surface area contributed by atoms with Crippen molar-refractivity contribution in [3.8, 4) is 0 Å². The fraction of sp³-hybridized carbons (Fsp3) is 0.308. The number of rotatable bonds is 6. The molecule has 1 N–H and O–H groups in total. The van der Waals surface area contributed by atoms with Crippen LogP contribution in [0.3, 0.4) is 0 Å². The first-order chi connectivity index (χ1) is 8.75. The molecule has 0 unspecified atom stereocenters. The Bertz CT molecular complexity index is 483. The van der Waals surface area contributed by atoms with Gasteiger partial charge in [-0.3, -0.25) is 4.68 Å². The quantitative estimate of drug-likeness (QED) is 0.824. The van der Waals surface area contributed by atoms with Crippen LogP contribution in [0.5, 0.6) is 0 Å². The van der Waals surface area contributed by atoms with E-state index in [0.29, 0.717) is 10.0 Å². The second kappa shape index (κ2) is 6.78. The second-order valence-corrected chi connectivity index (χ2v) is 4.88. The fourth-order valence-corrected chi connectivity index (χ4v) is 2.16. The maximum atomic E-state index is 6.08. The summed E-state index contributed by atoms with van der Waals surface area (Å²) in [6, 6.07) is 7.50. The summed E-state index contributed by atoms with van der Waals surface area (Å²) in [6.45, 7) is 2.61. The molecule has 1 heterocycles. The Kier molecular flexibility index (Phi) is 5.05. The van der Waals surface area contributed by atoms with Gasteiger partial charge in [0, 0.05) is 35.5 Å². The summed E-state index contributed by atoms with van der Waals surface area (Å²) < 4.78 is 1.93. The first-order valence-corrected chi connectivity index (χ1v) is 6.63. The predicted molar refractivity (Wildman–Crippen MR) is 75.0 cm³/mol.